The molecule has 0 amide bonds. The predicted molar refractivity (Wildman–Crippen MR) is 176 cm³/mol. The van der Waals surface area contributed by atoms with Gasteiger partial charge in [0.1, 0.15) is 0 Å². The van der Waals surface area contributed by atoms with Crippen LogP contribution < -0.4 is 21.2 Å². The molecule has 4 aromatic carbocycles. The minimum absolute atomic E-state index is 0.0839. The summed E-state index contributed by atoms with van der Waals surface area (Å²) in [4.78, 5) is 0. The van der Waals surface area contributed by atoms with Crippen molar-refractivity contribution < 1.29 is 18.9 Å². The molecule has 4 atom stereocenters. The fourth-order valence-corrected chi connectivity index (χ4v) is 12.9. The van der Waals surface area contributed by atoms with E-state index in [9.17, 15) is 0 Å². The zero-order valence-corrected chi connectivity index (χ0v) is 26.6. The van der Waals surface area contributed by atoms with Crippen molar-refractivity contribution in [3.63, 3.8) is 0 Å². The van der Waals surface area contributed by atoms with Crippen LogP contribution in [0.5, 0.6) is 0 Å². The molecule has 0 N–H and O–H groups in total. The van der Waals surface area contributed by atoms with Crippen LogP contribution >= 0.6 is 15.8 Å². The first kappa shape index (κ1) is 29.6. The Morgan fingerprint density at radius 2 is 0.738 bits per heavy atom. The van der Waals surface area contributed by atoms with Gasteiger partial charge < -0.3 is 18.9 Å². The molecule has 218 valence electrons. The lowest BCUT2D eigenvalue weighted by Crippen LogP contribution is -2.50. The van der Waals surface area contributed by atoms with E-state index in [0.29, 0.717) is 13.2 Å². The molecular formula is C36H40O4P2. The number of hydrogen-bond acceptors (Lipinski definition) is 4. The lowest BCUT2D eigenvalue weighted by atomic mass is 10.1. The fraction of sp³-hybridized carbons (Fsp3) is 0.333. The minimum atomic E-state index is -0.891. The molecule has 6 heteroatoms. The summed E-state index contributed by atoms with van der Waals surface area (Å²) < 4.78 is 26.4. The van der Waals surface area contributed by atoms with Crippen LogP contribution in [0, 0.1) is 0 Å². The molecule has 2 heterocycles. The molecule has 2 fully saturated rings. The van der Waals surface area contributed by atoms with E-state index in [4.69, 9.17) is 18.9 Å². The maximum atomic E-state index is 6.86. The van der Waals surface area contributed by atoms with E-state index >= 15 is 0 Å². The van der Waals surface area contributed by atoms with Crippen molar-refractivity contribution in [1.82, 2.24) is 0 Å². The summed E-state index contributed by atoms with van der Waals surface area (Å²) in [5.41, 5.74) is 0.168. The molecule has 2 saturated heterocycles. The van der Waals surface area contributed by atoms with E-state index in [1.165, 1.54) is 21.2 Å². The van der Waals surface area contributed by atoms with Gasteiger partial charge in [-0.3, -0.25) is 0 Å². The molecular weight excluding hydrogens is 558 g/mol. The summed E-state index contributed by atoms with van der Waals surface area (Å²) in [6.07, 6.45) is -0.248. The SMILES string of the molecule is CC1(C)OC[C@@H]([C@H]([C@@H]([C@H]2COC(C)(C)O2)P(c2ccccc2)c2ccccc2)P(c2ccccc2)c2ccccc2)O1. The van der Waals surface area contributed by atoms with Gasteiger partial charge in [-0.15, -0.1) is 0 Å². The van der Waals surface area contributed by atoms with Crippen molar-refractivity contribution >= 4 is 37.1 Å². The van der Waals surface area contributed by atoms with Crippen molar-refractivity contribution in [2.45, 2.75) is 62.8 Å². The third kappa shape index (κ3) is 6.56. The second-order valence-electron chi connectivity index (χ2n) is 11.8. The van der Waals surface area contributed by atoms with E-state index in [0.717, 1.165) is 0 Å². The molecule has 42 heavy (non-hydrogen) atoms. The van der Waals surface area contributed by atoms with Crippen LogP contribution in [0.1, 0.15) is 27.7 Å². The van der Waals surface area contributed by atoms with Gasteiger partial charge in [0.15, 0.2) is 11.6 Å². The van der Waals surface area contributed by atoms with Gasteiger partial charge in [0.25, 0.3) is 0 Å². The molecule has 0 aliphatic carbocycles. The first-order valence-electron chi connectivity index (χ1n) is 14.7. The molecule has 4 aromatic rings. The van der Waals surface area contributed by atoms with E-state index in [1.54, 1.807) is 0 Å². The Hall–Kier alpha value is -2.42. The van der Waals surface area contributed by atoms with Gasteiger partial charge >= 0.3 is 0 Å². The maximum Gasteiger partial charge on any atom is 0.163 e. The first-order valence-corrected chi connectivity index (χ1v) is 17.6. The molecule has 0 spiro atoms. The first-order chi connectivity index (χ1) is 20.3. The van der Waals surface area contributed by atoms with E-state index in [-0.39, 0.29) is 23.5 Å². The van der Waals surface area contributed by atoms with Crippen LogP contribution in [-0.4, -0.2) is 48.3 Å². The topological polar surface area (TPSA) is 36.9 Å². The molecule has 0 bridgehead atoms. The molecule has 4 nitrogen and oxygen atoms in total. The number of hydrogen-bond donors (Lipinski definition) is 0. The van der Waals surface area contributed by atoms with E-state index < -0.39 is 27.4 Å². The Bertz CT molecular complexity index is 1230. The molecule has 0 saturated carbocycles. The van der Waals surface area contributed by atoms with Crippen molar-refractivity contribution in [1.29, 1.82) is 0 Å². The summed E-state index contributed by atoms with van der Waals surface area (Å²) in [7, 11) is -1.78. The number of ether oxygens (including phenoxy) is 4. The lowest BCUT2D eigenvalue weighted by Gasteiger charge is -2.44. The Morgan fingerprint density at radius 1 is 0.476 bits per heavy atom. The largest absolute Gasteiger partial charge is 0.348 e. The fourth-order valence-electron chi connectivity index (χ4n) is 6.19. The van der Waals surface area contributed by atoms with Crippen molar-refractivity contribution in [3.8, 4) is 0 Å². The van der Waals surface area contributed by atoms with Gasteiger partial charge in [-0.2, -0.15) is 0 Å². The van der Waals surface area contributed by atoms with Gasteiger partial charge in [0.05, 0.1) is 25.4 Å². The highest BCUT2D eigenvalue weighted by Gasteiger charge is 2.52. The highest BCUT2D eigenvalue weighted by molar-refractivity contribution is 7.77. The van der Waals surface area contributed by atoms with E-state index in [1.807, 2.05) is 27.7 Å². The Balaban J connectivity index is 1.61. The third-order valence-electron chi connectivity index (χ3n) is 7.91. The standard InChI is InChI=1S/C36H40O4P2/c1-35(2)37-25-31(39-35)33(41(27-17-9-5-10-18-27)28-19-11-6-12-20-28)34(32-26-38-36(3,4)40-32)42(29-21-13-7-14-22-29)30-23-15-8-16-24-30/h5-24,31-34H,25-26H2,1-4H3/t31-,32+,33-,34-/m1/s1. The summed E-state index contributed by atoms with van der Waals surface area (Å²) >= 11 is 0. The molecule has 0 radical (unpaired) electrons. The average Bonchev–Trinajstić information content (AvgIpc) is 3.56. The van der Waals surface area contributed by atoms with Crippen LogP contribution in [-0.2, 0) is 18.9 Å². The van der Waals surface area contributed by atoms with E-state index in [2.05, 4.69) is 121 Å². The molecule has 0 unspecified atom stereocenters. The van der Waals surface area contributed by atoms with Crippen LogP contribution in [0.4, 0.5) is 0 Å². The predicted octanol–water partition coefficient (Wildman–Crippen LogP) is 6.29. The highest BCUT2D eigenvalue weighted by Crippen LogP contribution is 2.57. The van der Waals surface area contributed by atoms with Crippen LogP contribution in [0.3, 0.4) is 0 Å². The van der Waals surface area contributed by atoms with Crippen LogP contribution in [0.15, 0.2) is 121 Å². The minimum Gasteiger partial charge on any atom is -0.348 e. The summed E-state index contributed by atoms with van der Waals surface area (Å²) in [6.45, 7) is 9.19. The molecule has 2 aliphatic heterocycles. The number of benzene rings is 4. The average molecular weight is 599 g/mol. The van der Waals surface area contributed by atoms with Gasteiger partial charge in [-0.25, -0.2) is 0 Å². The van der Waals surface area contributed by atoms with Gasteiger partial charge in [0.2, 0.25) is 0 Å². The summed E-state index contributed by atoms with van der Waals surface area (Å²) in [5.74, 6) is -1.31. The normalized spacial score (nSPS) is 22.8. The smallest absolute Gasteiger partial charge is 0.163 e. The summed E-state index contributed by atoms with van der Waals surface area (Å²) in [5, 5.41) is 5.32. The maximum absolute atomic E-state index is 6.86. The monoisotopic (exact) mass is 598 g/mol. The van der Waals surface area contributed by atoms with Gasteiger partial charge in [-0.05, 0) is 64.8 Å². The second-order valence-corrected chi connectivity index (χ2v) is 16.5. The zero-order chi connectivity index (χ0) is 29.2. The van der Waals surface area contributed by atoms with Crippen molar-refractivity contribution in [3.05, 3.63) is 121 Å². The molecule has 6 rings (SSSR count). The Morgan fingerprint density at radius 3 is 0.952 bits per heavy atom. The molecule has 0 aromatic heterocycles. The van der Waals surface area contributed by atoms with Crippen LogP contribution in [0.2, 0.25) is 0 Å². The Kier molecular flexibility index (Phi) is 8.94. The lowest BCUT2D eigenvalue weighted by molar-refractivity contribution is -0.144. The quantitative estimate of drug-likeness (QED) is 0.212. The molecule has 2 aliphatic rings. The third-order valence-corrected chi connectivity index (χ3v) is 14.1. The highest BCUT2D eigenvalue weighted by atomic mass is 31.1. The van der Waals surface area contributed by atoms with Crippen LogP contribution in [0.25, 0.3) is 0 Å². The van der Waals surface area contributed by atoms with Crippen molar-refractivity contribution in [2.75, 3.05) is 13.2 Å². The number of rotatable bonds is 9. The Labute approximate surface area is 252 Å². The second kappa shape index (κ2) is 12.7. The van der Waals surface area contributed by atoms with Gasteiger partial charge in [0, 0.05) is 11.3 Å². The zero-order valence-electron chi connectivity index (χ0n) is 24.8. The van der Waals surface area contributed by atoms with Gasteiger partial charge in [-0.1, -0.05) is 121 Å². The summed E-state index contributed by atoms with van der Waals surface area (Å²) in [6, 6.07) is 43.9. The van der Waals surface area contributed by atoms with Crippen molar-refractivity contribution in [2.24, 2.45) is 0 Å².